The van der Waals surface area contributed by atoms with Crippen LogP contribution in [-0.4, -0.2) is 11.9 Å². The van der Waals surface area contributed by atoms with E-state index >= 15 is 0 Å². The summed E-state index contributed by atoms with van der Waals surface area (Å²) >= 11 is 0. The lowest BCUT2D eigenvalue weighted by Crippen LogP contribution is -2.26. The Kier molecular flexibility index (Phi) is 4.48. The molecule has 0 saturated carbocycles. The monoisotopic (exact) mass is 249 g/mol. The van der Waals surface area contributed by atoms with Crippen LogP contribution in [0.3, 0.4) is 0 Å². The third-order valence-electron chi connectivity index (χ3n) is 2.56. The van der Waals surface area contributed by atoms with E-state index in [1.54, 1.807) is 19.1 Å². The second-order valence-corrected chi connectivity index (χ2v) is 5.09. The third kappa shape index (κ3) is 3.87. The molecule has 0 unspecified atom stereocenters. The van der Waals surface area contributed by atoms with Crippen LogP contribution >= 0.6 is 0 Å². The number of hydrogen-bond acceptors (Lipinski definition) is 3. The molecule has 1 amide bonds. The molecule has 0 atom stereocenters. The maximum atomic E-state index is 11.6. The van der Waals surface area contributed by atoms with E-state index < -0.39 is 11.9 Å². The summed E-state index contributed by atoms with van der Waals surface area (Å²) in [7, 11) is 0. The highest BCUT2D eigenvalue weighted by molar-refractivity contribution is 5.94. The molecule has 1 N–H and O–H groups in total. The zero-order chi connectivity index (χ0) is 13.8. The lowest BCUT2D eigenvalue weighted by Gasteiger charge is -2.18. The molecule has 4 heteroatoms. The SMILES string of the molecule is CCC(=O)ONC(=O)c1ccc(C(C)(C)C)cc1. The predicted molar refractivity (Wildman–Crippen MR) is 69.0 cm³/mol. The first-order chi connectivity index (χ1) is 8.34. The Balaban J connectivity index is 2.68. The molecule has 0 heterocycles. The van der Waals surface area contributed by atoms with Gasteiger partial charge in [0.25, 0.3) is 5.91 Å². The van der Waals surface area contributed by atoms with Crippen molar-refractivity contribution in [3.63, 3.8) is 0 Å². The highest BCUT2D eigenvalue weighted by Gasteiger charge is 2.14. The Morgan fingerprint density at radius 2 is 1.72 bits per heavy atom. The van der Waals surface area contributed by atoms with E-state index in [9.17, 15) is 9.59 Å². The summed E-state index contributed by atoms with van der Waals surface area (Å²) in [6.07, 6.45) is 0.225. The van der Waals surface area contributed by atoms with E-state index in [1.807, 2.05) is 12.1 Å². The predicted octanol–water partition coefficient (Wildman–Crippen LogP) is 2.58. The quantitative estimate of drug-likeness (QED) is 0.820. The zero-order valence-corrected chi connectivity index (χ0v) is 11.2. The molecule has 0 aromatic heterocycles. The second-order valence-electron chi connectivity index (χ2n) is 5.09. The summed E-state index contributed by atoms with van der Waals surface area (Å²) in [5.74, 6) is -0.882. The van der Waals surface area contributed by atoms with Crippen molar-refractivity contribution in [2.24, 2.45) is 0 Å². The van der Waals surface area contributed by atoms with E-state index in [1.165, 1.54) is 0 Å². The van der Waals surface area contributed by atoms with Crippen molar-refractivity contribution < 1.29 is 14.4 Å². The number of hydroxylamine groups is 1. The molecular formula is C14H19NO3. The summed E-state index contributed by atoms with van der Waals surface area (Å²) in [6, 6.07) is 7.23. The van der Waals surface area contributed by atoms with Crippen molar-refractivity contribution in [3.8, 4) is 0 Å². The van der Waals surface area contributed by atoms with Crippen LogP contribution in [0.1, 0.15) is 50.0 Å². The summed E-state index contributed by atoms with van der Waals surface area (Å²) < 4.78 is 0. The number of amides is 1. The summed E-state index contributed by atoms with van der Waals surface area (Å²) in [6.45, 7) is 7.97. The standard InChI is InChI=1S/C14H19NO3/c1-5-12(16)18-15-13(17)10-6-8-11(9-7-10)14(2,3)4/h6-9H,5H2,1-4H3,(H,15,17). The molecule has 0 aliphatic rings. The van der Waals surface area contributed by atoms with Gasteiger partial charge >= 0.3 is 5.97 Å². The molecule has 0 spiro atoms. The van der Waals surface area contributed by atoms with Crippen LogP contribution in [-0.2, 0) is 15.0 Å². The average molecular weight is 249 g/mol. The Hall–Kier alpha value is -1.84. The van der Waals surface area contributed by atoms with E-state index in [0.29, 0.717) is 5.56 Å². The van der Waals surface area contributed by atoms with E-state index in [2.05, 4.69) is 31.1 Å². The molecule has 0 saturated heterocycles. The molecule has 0 aliphatic heterocycles. The van der Waals surface area contributed by atoms with Crippen LogP contribution in [0.5, 0.6) is 0 Å². The Morgan fingerprint density at radius 1 is 1.17 bits per heavy atom. The number of carbonyl (C=O) groups excluding carboxylic acids is 2. The number of carbonyl (C=O) groups is 2. The van der Waals surface area contributed by atoms with Crippen LogP contribution in [0.15, 0.2) is 24.3 Å². The van der Waals surface area contributed by atoms with Gasteiger partial charge in [-0.1, -0.05) is 39.8 Å². The summed E-state index contributed by atoms with van der Waals surface area (Å²) in [5, 5.41) is 0. The minimum Gasteiger partial charge on any atom is -0.341 e. The molecule has 0 radical (unpaired) electrons. The van der Waals surface area contributed by atoms with Gasteiger partial charge < -0.3 is 4.84 Å². The minimum absolute atomic E-state index is 0.0453. The lowest BCUT2D eigenvalue weighted by atomic mass is 9.87. The minimum atomic E-state index is -0.463. The molecule has 0 bridgehead atoms. The van der Waals surface area contributed by atoms with Crippen molar-refractivity contribution in [1.82, 2.24) is 5.48 Å². The first-order valence-electron chi connectivity index (χ1n) is 5.95. The summed E-state index contributed by atoms with van der Waals surface area (Å²) in [5.41, 5.74) is 3.77. The molecule has 1 aromatic rings. The van der Waals surface area contributed by atoms with E-state index in [-0.39, 0.29) is 11.8 Å². The Morgan fingerprint density at radius 3 is 2.17 bits per heavy atom. The van der Waals surface area contributed by atoms with Gasteiger partial charge in [-0.25, -0.2) is 4.79 Å². The van der Waals surface area contributed by atoms with Gasteiger partial charge in [0, 0.05) is 12.0 Å². The largest absolute Gasteiger partial charge is 0.341 e. The number of hydrogen-bond donors (Lipinski definition) is 1. The molecule has 4 nitrogen and oxygen atoms in total. The smallest absolute Gasteiger partial charge is 0.331 e. The fourth-order valence-electron chi connectivity index (χ4n) is 1.36. The van der Waals surface area contributed by atoms with Gasteiger partial charge in [-0.2, -0.15) is 5.48 Å². The van der Waals surface area contributed by atoms with Crippen LogP contribution in [0.2, 0.25) is 0 Å². The Bertz CT molecular complexity index is 429. The molecule has 18 heavy (non-hydrogen) atoms. The Labute approximate surface area is 107 Å². The van der Waals surface area contributed by atoms with Crippen LogP contribution < -0.4 is 5.48 Å². The van der Waals surface area contributed by atoms with Crippen LogP contribution in [0.25, 0.3) is 0 Å². The molecule has 0 aliphatic carbocycles. The van der Waals surface area contributed by atoms with Crippen molar-refractivity contribution in [3.05, 3.63) is 35.4 Å². The fourth-order valence-corrected chi connectivity index (χ4v) is 1.36. The lowest BCUT2D eigenvalue weighted by molar-refractivity contribution is -0.148. The summed E-state index contributed by atoms with van der Waals surface area (Å²) in [4.78, 5) is 27.1. The maximum absolute atomic E-state index is 11.6. The zero-order valence-electron chi connectivity index (χ0n) is 11.2. The van der Waals surface area contributed by atoms with Gasteiger partial charge in [-0.05, 0) is 23.1 Å². The molecule has 1 aromatic carbocycles. The van der Waals surface area contributed by atoms with E-state index in [0.717, 1.165) is 5.56 Å². The fraction of sp³-hybridized carbons (Fsp3) is 0.429. The number of benzene rings is 1. The van der Waals surface area contributed by atoms with Crippen LogP contribution in [0.4, 0.5) is 0 Å². The van der Waals surface area contributed by atoms with Gasteiger partial charge in [0.05, 0.1) is 0 Å². The first kappa shape index (κ1) is 14.2. The number of rotatable bonds is 2. The third-order valence-corrected chi connectivity index (χ3v) is 2.56. The highest BCUT2D eigenvalue weighted by atomic mass is 16.7. The second kappa shape index (κ2) is 5.67. The maximum Gasteiger partial charge on any atom is 0.331 e. The normalized spacial score (nSPS) is 10.9. The van der Waals surface area contributed by atoms with Gasteiger partial charge in [-0.15, -0.1) is 0 Å². The highest BCUT2D eigenvalue weighted by Crippen LogP contribution is 2.22. The molecular weight excluding hydrogens is 230 g/mol. The number of nitrogens with one attached hydrogen (secondary N) is 1. The van der Waals surface area contributed by atoms with Crippen molar-refractivity contribution in [2.45, 2.75) is 39.5 Å². The van der Waals surface area contributed by atoms with Crippen molar-refractivity contribution >= 4 is 11.9 Å². The molecule has 0 fully saturated rings. The van der Waals surface area contributed by atoms with Gasteiger partial charge in [0.1, 0.15) is 0 Å². The van der Waals surface area contributed by atoms with Gasteiger partial charge in [0.15, 0.2) is 0 Å². The van der Waals surface area contributed by atoms with Crippen LogP contribution in [0, 0.1) is 0 Å². The van der Waals surface area contributed by atoms with Crippen molar-refractivity contribution in [2.75, 3.05) is 0 Å². The first-order valence-corrected chi connectivity index (χ1v) is 5.95. The van der Waals surface area contributed by atoms with Gasteiger partial charge in [-0.3, -0.25) is 4.79 Å². The molecule has 1 rings (SSSR count). The van der Waals surface area contributed by atoms with Gasteiger partial charge in [0.2, 0.25) is 0 Å². The molecule has 98 valence electrons. The average Bonchev–Trinajstić information content (AvgIpc) is 2.34. The van der Waals surface area contributed by atoms with Crippen molar-refractivity contribution in [1.29, 1.82) is 0 Å². The van der Waals surface area contributed by atoms with E-state index in [4.69, 9.17) is 0 Å². The topological polar surface area (TPSA) is 55.4 Å².